The van der Waals surface area contributed by atoms with Gasteiger partial charge in [-0.05, 0) is 89.5 Å². The number of aromatic nitrogens is 2. The first-order valence-corrected chi connectivity index (χ1v) is 15.7. The number of nitrogens with one attached hydrogen (secondary N) is 2. The van der Waals surface area contributed by atoms with Crippen LogP contribution in [0.4, 0.5) is 5.69 Å². The summed E-state index contributed by atoms with van der Waals surface area (Å²) in [7, 11) is 0. The molecule has 1 saturated carbocycles. The van der Waals surface area contributed by atoms with E-state index in [1.54, 1.807) is 38.7 Å². The maximum Gasteiger partial charge on any atom is 0.359 e. The molecule has 0 bridgehead atoms. The van der Waals surface area contributed by atoms with Gasteiger partial charge in [-0.25, -0.2) is 9.78 Å². The number of amides is 2. The van der Waals surface area contributed by atoms with E-state index in [1.807, 2.05) is 30.5 Å². The fourth-order valence-electron chi connectivity index (χ4n) is 5.34. The van der Waals surface area contributed by atoms with Crippen molar-refractivity contribution in [2.45, 2.75) is 96.7 Å². The Morgan fingerprint density at radius 2 is 1.87 bits per heavy atom. The number of rotatable bonds is 15. The van der Waals surface area contributed by atoms with Crippen molar-refractivity contribution in [2.24, 2.45) is 0 Å². The smallest absolute Gasteiger partial charge is 0.359 e. The van der Waals surface area contributed by atoms with Gasteiger partial charge in [-0.2, -0.15) is 0 Å². The third-order valence-electron chi connectivity index (χ3n) is 7.65. The van der Waals surface area contributed by atoms with Gasteiger partial charge in [-0.1, -0.05) is 18.2 Å². The van der Waals surface area contributed by atoms with Crippen LogP contribution >= 0.6 is 0 Å². The highest BCUT2D eigenvalue weighted by Gasteiger charge is 2.34. The van der Waals surface area contributed by atoms with Crippen LogP contribution < -0.4 is 11.1 Å². The molecule has 1 aliphatic rings. The fraction of sp³-hybridized carbons (Fsp3) is 0.500. The first-order chi connectivity index (χ1) is 21.4. The second-order valence-electron chi connectivity index (χ2n) is 12.5. The molecule has 11 heteroatoms. The first-order valence-electron chi connectivity index (χ1n) is 15.7. The number of H-pyrrole nitrogens is 1. The maximum atomic E-state index is 13.3. The molecule has 4 rings (SSSR count). The molecule has 2 aromatic heterocycles. The zero-order chi connectivity index (χ0) is 32.6. The van der Waals surface area contributed by atoms with Crippen LogP contribution in [0.2, 0.25) is 0 Å². The second kappa shape index (κ2) is 15.0. The number of nitrogens with two attached hydrogens (primary N) is 1. The zero-order valence-electron chi connectivity index (χ0n) is 26.7. The molecule has 11 nitrogen and oxygen atoms in total. The van der Waals surface area contributed by atoms with Gasteiger partial charge in [0.25, 0.3) is 0 Å². The normalized spacial score (nSPS) is 13.7. The van der Waals surface area contributed by atoms with Gasteiger partial charge < -0.3 is 30.4 Å². The Labute approximate surface area is 264 Å². The molecule has 0 radical (unpaired) electrons. The van der Waals surface area contributed by atoms with Crippen LogP contribution in [0, 0.1) is 0 Å². The van der Waals surface area contributed by atoms with E-state index in [9.17, 15) is 19.2 Å². The van der Waals surface area contributed by atoms with E-state index in [0.717, 1.165) is 29.3 Å². The standard InChI is InChI=1S/C34H45N5O6/c1-5-44-30(42)19-24(14-13-23-20-37-27-11-7-6-10-26(23)27)38-28(40)21-39(25-15-16-25)29(41)12-8-9-22-17-18-36-32(31(22)35)33(43)45-34(2,3)4/h6-7,10-11,17-18,20,24-25,37H,5,8-9,12-16,19,21,35H2,1-4H3,(H,38,40)/t24-/m1/s1. The number of aryl methyl sites for hydroxylation is 2. The van der Waals surface area contributed by atoms with Gasteiger partial charge in [-0.3, -0.25) is 14.4 Å². The van der Waals surface area contributed by atoms with E-state index in [2.05, 4.69) is 15.3 Å². The molecule has 4 N–H and O–H groups in total. The third kappa shape index (κ3) is 9.79. The predicted octanol–water partition coefficient (Wildman–Crippen LogP) is 4.48. The summed E-state index contributed by atoms with van der Waals surface area (Å²) in [4.78, 5) is 60.4. The number of esters is 2. The monoisotopic (exact) mass is 619 g/mol. The number of pyridine rings is 1. The Morgan fingerprint density at radius 1 is 1.11 bits per heavy atom. The maximum absolute atomic E-state index is 13.3. The van der Waals surface area contributed by atoms with E-state index in [-0.39, 0.29) is 61.2 Å². The van der Waals surface area contributed by atoms with Crippen LogP contribution in [0.1, 0.15) is 87.8 Å². The van der Waals surface area contributed by atoms with Crippen LogP contribution in [-0.4, -0.2) is 69.5 Å². The zero-order valence-corrected chi connectivity index (χ0v) is 26.7. The molecule has 45 heavy (non-hydrogen) atoms. The van der Waals surface area contributed by atoms with Crippen LogP contribution in [0.25, 0.3) is 10.9 Å². The van der Waals surface area contributed by atoms with Gasteiger partial charge in [0.2, 0.25) is 11.8 Å². The summed E-state index contributed by atoms with van der Waals surface area (Å²) in [5, 5.41) is 4.11. The molecular formula is C34H45N5O6. The number of carbonyl (C=O) groups is 4. The summed E-state index contributed by atoms with van der Waals surface area (Å²) in [6.45, 7) is 7.26. The quantitative estimate of drug-likeness (QED) is 0.210. The van der Waals surface area contributed by atoms with Gasteiger partial charge in [0.05, 0.1) is 25.3 Å². The number of hydrogen-bond donors (Lipinski definition) is 3. The van der Waals surface area contributed by atoms with Crippen molar-refractivity contribution < 1.29 is 28.7 Å². The van der Waals surface area contributed by atoms with Crippen molar-refractivity contribution >= 4 is 40.3 Å². The van der Waals surface area contributed by atoms with Crippen molar-refractivity contribution in [2.75, 3.05) is 18.9 Å². The van der Waals surface area contributed by atoms with Gasteiger partial charge in [0.15, 0.2) is 5.69 Å². The van der Waals surface area contributed by atoms with Crippen molar-refractivity contribution in [1.29, 1.82) is 0 Å². The first kappa shape index (κ1) is 33.5. The number of benzene rings is 1. The van der Waals surface area contributed by atoms with E-state index in [1.165, 1.54) is 6.20 Å². The highest BCUT2D eigenvalue weighted by molar-refractivity contribution is 5.94. The van der Waals surface area contributed by atoms with Gasteiger partial charge >= 0.3 is 11.9 Å². The van der Waals surface area contributed by atoms with E-state index in [4.69, 9.17) is 15.2 Å². The SMILES string of the molecule is CCOC(=O)C[C@@H](CCc1c[nH]c2ccccc12)NC(=O)CN(C(=O)CCCc1ccnc(C(=O)OC(C)(C)C)c1N)C1CC1. The van der Waals surface area contributed by atoms with Crippen LogP contribution in [0.5, 0.6) is 0 Å². The molecule has 1 aliphatic carbocycles. The highest BCUT2D eigenvalue weighted by atomic mass is 16.6. The van der Waals surface area contributed by atoms with Gasteiger partial charge in [0, 0.05) is 41.8 Å². The lowest BCUT2D eigenvalue weighted by Crippen LogP contribution is -2.46. The Bertz CT molecular complexity index is 1510. The lowest BCUT2D eigenvalue weighted by Gasteiger charge is -2.24. The van der Waals surface area contributed by atoms with Gasteiger partial charge in [0.1, 0.15) is 5.60 Å². The Morgan fingerprint density at radius 3 is 2.58 bits per heavy atom. The number of nitrogens with zero attached hydrogens (tertiary/aromatic N) is 2. The predicted molar refractivity (Wildman–Crippen MR) is 171 cm³/mol. The summed E-state index contributed by atoms with van der Waals surface area (Å²) in [5.41, 5.74) is 8.73. The third-order valence-corrected chi connectivity index (χ3v) is 7.65. The highest BCUT2D eigenvalue weighted by Crippen LogP contribution is 2.28. The number of ether oxygens (including phenoxy) is 2. The van der Waals surface area contributed by atoms with Crippen molar-refractivity contribution in [1.82, 2.24) is 20.2 Å². The van der Waals surface area contributed by atoms with E-state index in [0.29, 0.717) is 31.2 Å². The Kier molecular flexibility index (Phi) is 11.2. The topological polar surface area (TPSA) is 157 Å². The van der Waals surface area contributed by atoms with E-state index >= 15 is 0 Å². The van der Waals surface area contributed by atoms with Crippen molar-refractivity contribution in [3.8, 4) is 0 Å². The summed E-state index contributed by atoms with van der Waals surface area (Å²) in [5.74, 6) is -1.38. The van der Waals surface area contributed by atoms with Gasteiger partial charge in [-0.15, -0.1) is 0 Å². The molecule has 0 spiro atoms. The molecule has 242 valence electrons. The molecule has 1 fully saturated rings. The minimum Gasteiger partial charge on any atom is -0.466 e. The number of nitrogen functional groups attached to an aromatic ring is 1. The molecule has 2 amide bonds. The fourth-order valence-corrected chi connectivity index (χ4v) is 5.34. The van der Waals surface area contributed by atoms with Crippen LogP contribution in [-0.2, 0) is 36.7 Å². The number of aromatic amines is 1. The molecule has 0 aliphatic heterocycles. The molecule has 0 unspecified atom stereocenters. The Balaban J connectivity index is 1.33. The summed E-state index contributed by atoms with van der Waals surface area (Å²) in [6.07, 6.45) is 7.61. The second-order valence-corrected chi connectivity index (χ2v) is 12.5. The Hall–Kier alpha value is -4.41. The number of anilines is 1. The summed E-state index contributed by atoms with van der Waals surface area (Å²) in [6, 6.07) is 9.33. The molecule has 1 aromatic carbocycles. The molecule has 0 saturated heterocycles. The summed E-state index contributed by atoms with van der Waals surface area (Å²) < 4.78 is 10.6. The number of fused-ring (bicyclic) bond motifs is 1. The lowest BCUT2D eigenvalue weighted by atomic mass is 10.0. The molecule has 1 atom stereocenters. The number of para-hydroxylation sites is 1. The number of hydrogen-bond acceptors (Lipinski definition) is 8. The van der Waals surface area contributed by atoms with Crippen LogP contribution in [0.3, 0.4) is 0 Å². The molecule has 2 heterocycles. The van der Waals surface area contributed by atoms with Crippen LogP contribution in [0.15, 0.2) is 42.7 Å². The average Bonchev–Trinajstić information content (AvgIpc) is 3.73. The summed E-state index contributed by atoms with van der Waals surface area (Å²) >= 11 is 0. The van der Waals surface area contributed by atoms with Crippen molar-refractivity contribution in [3.05, 3.63) is 59.5 Å². The lowest BCUT2D eigenvalue weighted by molar-refractivity contribution is -0.144. The minimum atomic E-state index is -0.678. The van der Waals surface area contributed by atoms with E-state index < -0.39 is 17.6 Å². The molecular weight excluding hydrogens is 574 g/mol. The largest absolute Gasteiger partial charge is 0.466 e. The molecule has 3 aromatic rings. The minimum absolute atomic E-state index is 0.0303. The number of carbonyl (C=O) groups excluding carboxylic acids is 4. The average molecular weight is 620 g/mol. The van der Waals surface area contributed by atoms with Crippen molar-refractivity contribution in [3.63, 3.8) is 0 Å².